The first-order valence-corrected chi connectivity index (χ1v) is 6.90. The molecule has 0 radical (unpaired) electrons. The normalized spacial score (nSPS) is 21.1. The Morgan fingerprint density at radius 3 is 2.57 bits per heavy atom. The fourth-order valence-corrected chi connectivity index (χ4v) is 2.31. The predicted molar refractivity (Wildman–Crippen MR) is 76.7 cm³/mol. The molecule has 0 saturated carbocycles. The number of rotatable bonds is 3. The molecule has 1 aliphatic heterocycles. The van der Waals surface area contributed by atoms with Crippen LogP contribution in [0.1, 0.15) is 12.8 Å². The number of benzene rings is 1. The average Bonchev–Trinajstić information content (AvgIpc) is 2.93. The second kappa shape index (κ2) is 6.51. The Labute approximate surface area is 130 Å². The Bertz CT molecular complexity index is 578. The number of carbonyl (C=O) groups is 2. The number of anilines is 1. The number of phenols is 1. The number of methoxy groups -OCH3 is 1. The molecule has 0 aliphatic carbocycles. The van der Waals surface area contributed by atoms with E-state index >= 15 is 0 Å². The zero-order valence-corrected chi connectivity index (χ0v) is 12.6. The minimum atomic E-state index is -0.789. The van der Waals surface area contributed by atoms with E-state index in [1.54, 1.807) is 0 Å². The van der Waals surface area contributed by atoms with Crippen LogP contribution >= 0.6 is 23.2 Å². The van der Waals surface area contributed by atoms with Crippen LogP contribution in [0.15, 0.2) is 12.1 Å². The van der Waals surface area contributed by atoms with E-state index in [-0.39, 0.29) is 21.5 Å². The molecule has 1 heterocycles. The number of nitrogens with one attached hydrogen (secondary N) is 1. The lowest BCUT2D eigenvalue weighted by atomic mass is 10.2. The Morgan fingerprint density at radius 1 is 1.29 bits per heavy atom. The number of esters is 1. The highest BCUT2D eigenvalue weighted by atomic mass is 35.5. The lowest BCUT2D eigenvalue weighted by molar-refractivity contribution is -0.154. The van der Waals surface area contributed by atoms with Crippen LogP contribution < -0.4 is 5.32 Å². The first-order valence-electron chi connectivity index (χ1n) is 6.14. The molecule has 2 N–H and O–H groups in total. The number of carbonyl (C=O) groups excluding carboxylic acids is 2. The Morgan fingerprint density at radius 2 is 1.90 bits per heavy atom. The largest absolute Gasteiger partial charge is 0.506 e. The van der Waals surface area contributed by atoms with Gasteiger partial charge in [0.05, 0.1) is 22.8 Å². The third-order valence-electron chi connectivity index (χ3n) is 3.07. The molecule has 21 heavy (non-hydrogen) atoms. The zero-order chi connectivity index (χ0) is 15.6. The monoisotopic (exact) mass is 333 g/mol. The molecule has 0 bridgehead atoms. The Kier molecular flexibility index (Phi) is 4.92. The molecule has 1 fully saturated rings. The molecular weight excluding hydrogens is 321 g/mol. The van der Waals surface area contributed by atoms with Gasteiger partial charge in [-0.2, -0.15) is 0 Å². The summed E-state index contributed by atoms with van der Waals surface area (Å²) in [5.41, 5.74) is 0.125. The number of amides is 1. The van der Waals surface area contributed by atoms with Crippen molar-refractivity contribution in [1.29, 1.82) is 0 Å². The van der Waals surface area contributed by atoms with Gasteiger partial charge in [0.15, 0.2) is 6.10 Å². The van der Waals surface area contributed by atoms with Crippen molar-refractivity contribution in [2.24, 2.45) is 0 Å². The molecule has 2 atom stereocenters. The van der Waals surface area contributed by atoms with Crippen molar-refractivity contribution < 1.29 is 24.2 Å². The molecule has 0 spiro atoms. The van der Waals surface area contributed by atoms with Gasteiger partial charge in [-0.1, -0.05) is 23.2 Å². The van der Waals surface area contributed by atoms with Crippen molar-refractivity contribution in [3.05, 3.63) is 22.2 Å². The minimum Gasteiger partial charge on any atom is -0.506 e. The van der Waals surface area contributed by atoms with Crippen LogP contribution in [0.2, 0.25) is 10.0 Å². The summed E-state index contributed by atoms with van der Waals surface area (Å²) in [6.07, 6.45) is -0.748. The van der Waals surface area contributed by atoms with E-state index in [4.69, 9.17) is 27.9 Å². The highest BCUT2D eigenvalue weighted by molar-refractivity contribution is 6.42. The van der Waals surface area contributed by atoms with Crippen molar-refractivity contribution in [2.75, 3.05) is 12.4 Å². The molecular formula is C13H13Cl2NO5. The van der Waals surface area contributed by atoms with Gasteiger partial charge in [0, 0.05) is 6.07 Å². The molecule has 0 unspecified atom stereocenters. The predicted octanol–water partition coefficient (Wildman–Crippen LogP) is 2.36. The molecule has 8 heteroatoms. The zero-order valence-electron chi connectivity index (χ0n) is 11.1. The summed E-state index contributed by atoms with van der Waals surface area (Å²) in [6.45, 7) is 0. The highest BCUT2D eigenvalue weighted by Gasteiger charge is 2.35. The van der Waals surface area contributed by atoms with Gasteiger partial charge < -0.3 is 19.9 Å². The lowest BCUT2D eigenvalue weighted by Gasteiger charge is -2.14. The van der Waals surface area contributed by atoms with E-state index in [1.807, 2.05) is 0 Å². The van der Waals surface area contributed by atoms with Crippen molar-refractivity contribution in [1.82, 2.24) is 0 Å². The van der Waals surface area contributed by atoms with E-state index in [1.165, 1.54) is 19.2 Å². The number of aromatic hydroxyl groups is 1. The topological polar surface area (TPSA) is 84.9 Å². The molecule has 1 saturated heterocycles. The Hall–Kier alpha value is -1.50. The number of halogens is 2. The fourth-order valence-electron chi connectivity index (χ4n) is 1.98. The highest BCUT2D eigenvalue weighted by Crippen LogP contribution is 2.34. The first-order chi connectivity index (χ1) is 9.92. The lowest BCUT2D eigenvalue weighted by Crippen LogP contribution is -2.30. The maximum atomic E-state index is 12.0. The number of hydrogen-bond acceptors (Lipinski definition) is 5. The summed E-state index contributed by atoms with van der Waals surface area (Å²) in [5, 5.41) is 12.6. The molecule has 6 nitrogen and oxygen atoms in total. The summed E-state index contributed by atoms with van der Waals surface area (Å²) in [6, 6.07) is 2.57. The summed E-state index contributed by atoms with van der Waals surface area (Å²) in [4.78, 5) is 23.4. The summed E-state index contributed by atoms with van der Waals surface area (Å²) in [5.74, 6) is -1.20. The smallest absolute Gasteiger partial charge is 0.335 e. The van der Waals surface area contributed by atoms with Gasteiger partial charge in [-0.3, -0.25) is 4.79 Å². The standard InChI is InChI=1S/C13H13Cl2NO5/c1-20-13(19)11-3-2-10(21-11)12(18)16-8-4-6(14)7(15)5-9(8)17/h4-5,10-11,17H,2-3H2,1H3,(H,16,18)/t10-,11+/m0/s1. The second-order valence-electron chi connectivity index (χ2n) is 4.49. The van der Waals surface area contributed by atoms with E-state index < -0.39 is 24.1 Å². The number of ether oxygens (including phenoxy) is 2. The molecule has 1 aromatic carbocycles. The maximum absolute atomic E-state index is 12.0. The van der Waals surface area contributed by atoms with Gasteiger partial charge in [0.25, 0.3) is 5.91 Å². The van der Waals surface area contributed by atoms with Gasteiger partial charge in [-0.15, -0.1) is 0 Å². The second-order valence-corrected chi connectivity index (χ2v) is 5.30. The van der Waals surface area contributed by atoms with Crippen LogP contribution in [-0.2, 0) is 19.1 Å². The maximum Gasteiger partial charge on any atom is 0.335 e. The molecule has 0 aromatic heterocycles. The third kappa shape index (κ3) is 3.58. The van der Waals surface area contributed by atoms with Gasteiger partial charge in [0.2, 0.25) is 0 Å². The third-order valence-corrected chi connectivity index (χ3v) is 3.79. The van der Waals surface area contributed by atoms with E-state index in [9.17, 15) is 14.7 Å². The Balaban J connectivity index is 2.03. The molecule has 1 amide bonds. The van der Waals surface area contributed by atoms with Gasteiger partial charge >= 0.3 is 5.97 Å². The summed E-state index contributed by atoms with van der Waals surface area (Å²) < 4.78 is 9.88. The number of phenolic OH excluding ortho intramolecular Hbond substituents is 1. The van der Waals surface area contributed by atoms with Crippen LogP contribution in [-0.4, -0.2) is 36.3 Å². The quantitative estimate of drug-likeness (QED) is 0.655. The molecule has 114 valence electrons. The number of hydrogen-bond donors (Lipinski definition) is 2. The van der Waals surface area contributed by atoms with Crippen LogP contribution in [0.5, 0.6) is 5.75 Å². The van der Waals surface area contributed by atoms with Crippen LogP contribution in [0.25, 0.3) is 0 Å². The van der Waals surface area contributed by atoms with Crippen molar-refractivity contribution in [3.8, 4) is 5.75 Å². The van der Waals surface area contributed by atoms with Crippen LogP contribution in [0.4, 0.5) is 5.69 Å². The van der Waals surface area contributed by atoms with Crippen LogP contribution in [0, 0.1) is 0 Å². The fraction of sp³-hybridized carbons (Fsp3) is 0.385. The van der Waals surface area contributed by atoms with E-state index in [0.29, 0.717) is 12.8 Å². The van der Waals surface area contributed by atoms with Crippen molar-refractivity contribution >= 4 is 40.8 Å². The van der Waals surface area contributed by atoms with E-state index in [0.717, 1.165) is 0 Å². The van der Waals surface area contributed by atoms with Crippen LogP contribution in [0.3, 0.4) is 0 Å². The van der Waals surface area contributed by atoms with Gasteiger partial charge in [-0.05, 0) is 18.9 Å². The van der Waals surface area contributed by atoms with Gasteiger partial charge in [-0.25, -0.2) is 4.79 Å². The summed E-state index contributed by atoms with van der Waals surface area (Å²) >= 11 is 11.6. The van der Waals surface area contributed by atoms with E-state index in [2.05, 4.69) is 10.1 Å². The first kappa shape index (κ1) is 15.9. The van der Waals surface area contributed by atoms with Gasteiger partial charge in [0.1, 0.15) is 11.9 Å². The molecule has 1 aliphatic rings. The summed E-state index contributed by atoms with van der Waals surface area (Å²) in [7, 11) is 1.26. The SMILES string of the molecule is COC(=O)[C@H]1CC[C@@H](C(=O)Nc2cc(Cl)c(Cl)cc2O)O1. The minimum absolute atomic E-state index is 0.125. The van der Waals surface area contributed by atoms with Crippen molar-refractivity contribution in [2.45, 2.75) is 25.0 Å². The molecule has 2 rings (SSSR count). The van der Waals surface area contributed by atoms with Crippen molar-refractivity contribution in [3.63, 3.8) is 0 Å². The molecule has 1 aromatic rings. The average molecular weight is 334 g/mol.